The van der Waals surface area contributed by atoms with E-state index in [1.807, 2.05) is 0 Å². The number of pyridine rings is 1. The third kappa shape index (κ3) is 6.65. The van der Waals surface area contributed by atoms with Gasteiger partial charge in [-0.3, -0.25) is 9.59 Å². The van der Waals surface area contributed by atoms with Gasteiger partial charge in [-0.25, -0.2) is 17.2 Å². The van der Waals surface area contributed by atoms with Gasteiger partial charge < -0.3 is 15.8 Å². The molecule has 0 saturated carbocycles. The van der Waals surface area contributed by atoms with Crippen LogP contribution in [0.25, 0.3) is 0 Å². The van der Waals surface area contributed by atoms with Crippen LogP contribution >= 0.6 is 11.6 Å². The van der Waals surface area contributed by atoms with Crippen molar-refractivity contribution in [3.63, 3.8) is 0 Å². The van der Waals surface area contributed by atoms with Crippen molar-refractivity contribution in [2.45, 2.75) is 23.7 Å². The molecule has 44 heavy (non-hydrogen) atoms. The molecule has 1 aromatic heterocycles. The van der Waals surface area contributed by atoms with Crippen LogP contribution in [0.1, 0.15) is 54.6 Å². The molecule has 1 aliphatic rings. The van der Waals surface area contributed by atoms with Crippen molar-refractivity contribution in [3.8, 4) is 0 Å². The average Bonchev–Trinajstić information content (AvgIpc) is 3.26. The number of carbonyl (C=O) groups is 2. The zero-order valence-corrected chi connectivity index (χ0v) is 23.7. The van der Waals surface area contributed by atoms with E-state index in [0.717, 1.165) is 24.5 Å². The molecular weight excluding hydrogens is 633 g/mol. The molecule has 0 spiro atoms. The van der Waals surface area contributed by atoms with E-state index in [4.69, 9.17) is 11.6 Å². The molecule has 2 heterocycles. The van der Waals surface area contributed by atoms with E-state index in [1.165, 1.54) is 30.3 Å². The minimum atomic E-state index is -4.96. The lowest BCUT2D eigenvalue weighted by Gasteiger charge is -2.19. The van der Waals surface area contributed by atoms with Crippen LogP contribution < -0.4 is 15.4 Å². The first-order valence-corrected chi connectivity index (χ1v) is 14.8. The standard InChI is InChI=1S/C29H19ClF5N3O5S/c30-23-2-1-19(31)12-21(23)26-25-22(28(40)37-26)7-16(14-44(42,43)13-15-3-5-38(41)6-4-15)8-24(25)36-27(39)17-9-18(29(33,34)35)11-20(32)10-17/h1-12,26H,13-14H2,(H,36,39)(H,37,40). The second-order valence-electron chi connectivity index (χ2n) is 9.96. The largest absolute Gasteiger partial charge is 0.619 e. The van der Waals surface area contributed by atoms with Crippen LogP contribution in [-0.4, -0.2) is 20.2 Å². The van der Waals surface area contributed by atoms with Gasteiger partial charge in [0, 0.05) is 45.1 Å². The van der Waals surface area contributed by atoms with Gasteiger partial charge in [0.05, 0.1) is 23.1 Å². The van der Waals surface area contributed by atoms with Gasteiger partial charge >= 0.3 is 6.18 Å². The summed E-state index contributed by atoms with van der Waals surface area (Å²) in [5.74, 6) is -5.09. The van der Waals surface area contributed by atoms with Crippen LogP contribution in [0.15, 0.2) is 73.1 Å². The molecule has 15 heteroatoms. The van der Waals surface area contributed by atoms with Gasteiger partial charge in [-0.05, 0) is 59.7 Å². The first-order chi connectivity index (χ1) is 20.6. The number of nitrogens with zero attached hydrogens (tertiary/aromatic N) is 1. The van der Waals surface area contributed by atoms with E-state index in [1.54, 1.807) is 0 Å². The van der Waals surface area contributed by atoms with Crippen LogP contribution in [0.4, 0.5) is 27.6 Å². The molecule has 1 atom stereocenters. The molecule has 0 saturated heterocycles. The predicted octanol–water partition coefficient (Wildman–Crippen LogP) is 5.47. The first kappa shape index (κ1) is 30.9. The molecule has 0 aliphatic carbocycles. The average molecular weight is 652 g/mol. The maximum Gasteiger partial charge on any atom is 0.416 e. The second-order valence-corrected chi connectivity index (χ2v) is 12.4. The molecule has 228 valence electrons. The predicted molar refractivity (Wildman–Crippen MR) is 148 cm³/mol. The maximum atomic E-state index is 14.2. The highest BCUT2D eigenvalue weighted by atomic mass is 35.5. The summed E-state index contributed by atoms with van der Waals surface area (Å²) < 4.78 is 94.7. The summed E-state index contributed by atoms with van der Waals surface area (Å²) in [6.45, 7) is 0. The number of nitrogens with one attached hydrogen (secondary N) is 2. The minimum Gasteiger partial charge on any atom is -0.619 e. The van der Waals surface area contributed by atoms with Crippen molar-refractivity contribution in [2.24, 2.45) is 0 Å². The third-order valence-electron chi connectivity index (χ3n) is 6.70. The molecule has 2 N–H and O–H groups in total. The number of alkyl halides is 3. The maximum absolute atomic E-state index is 14.2. The molecule has 5 rings (SSSR count). The number of hydrogen-bond acceptors (Lipinski definition) is 5. The lowest BCUT2D eigenvalue weighted by Crippen LogP contribution is -2.24. The molecular formula is C29H19ClF5N3O5S. The number of sulfone groups is 1. The third-order valence-corrected chi connectivity index (χ3v) is 8.59. The zero-order valence-electron chi connectivity index (χ0n) is 22.1. The lowest BCUT2D eigenvalue weighted by atomic mass is 9.94. The minimum absolute atomic E-state index is 0.0187. The summed E-state index contributed by atoms with van der Waals surface area (Å²) in [7, 11) is -3.94. The SMILES string of the molecule is O=C(Nc1cc(CS(=O)(=O)Cc2cc[n+]([O-])cc2)cc2c1C(c1cc(F)ccc1Cl)NC2=O)c1cc(F)cc(C(F)(F)F)c1. The van der Waals surface area contributed by atoms with E-state index in [-0.39, 0.29) is 39.0 Å². The van der Waals surface area contributed by atoms with Crippen molar-refractivity contribution in [2.75, 3.05) is 5.32 Å². The molecule has 1 unspecified atom stereocenters. The van der Waals surface area contributed by atoms with E-state index < -0.39 is 68.1 Å². The number of hydrogen-bond donors (Lipinski definition) is 2. The number of anilines is 1. The molecule has 3 aromatic carbocycles. The Morgan fingerprint density at radius 2 is 1.64 bits per heavy atom. The molecule has 8 nitrogen and oxygen atoms in total. The Kier molecular flexibility index (Phi) is 8.07. The van der Waals surface area contributed by atoms with Crippen molar-refractivity contribution in [3.05, 3.63) is 134 Å². The van der Waals surface area contributed by atoms with Crippen LogP contribution in [0.2, 0.25) is 5.02 Å². The van der Waals surface area contributed by atoms with Crippen LogP contribution in [0.5, 0.6) is 0 Å². The van der Waals surface area contributed by atoms with Gasteiger partial charge in [0.15, 0.2) is 22.2 Å². The number of carbonyl (C=O) groups excluding carboxylic acids is 2. The highest BCUT2D eigenvalue weighted by Crippen LogP contribution is 2.41. The zero-order chi connectivity index (χ0) is 32.0. The fourth-order valence-corrected chi connectivity index (χ4v) is 6.53. The summed E-state index contributed by atoms with van der Waals surface area (Å²) in [6, 6.07) is 8.52. The fraction of sp³-hybridized carbons (Fsp3) is 0.138. The van der Waals surface area contributed by atoms with Gasteiger partial charge in [-0.2, -0.15) is 17.9 Å². The van der Waals surface area contributed by atoms with Crippen LogP contribution in [0, 0.1) is 16.8 Å². The molecule has 4 aromatic rings. The van der Waals surface area contributed by atoms with E-state index in [9.17, 15) is 45.2 Å². The molecule has 0 bridgehead atoms. The smallest absolute Gasteiger partial charge is 0.416 e. The second kappa shape index (κ2) is 11.5. The van der Waals surface area contributed by atoms with Crippen molar-refractivity contribution in [1.29, 1.82) is 0 Å². The first-order valence-electron chi connectivity index (χ1n) is 12.6. The Labute approximate surface area is 251 Å². The van der Waals surface area contributed by atoms with Gasteiger partial charge in [-0.15, -0.1) is 0 Å². The number of aromatic nitrogens is 1. The van der Waals surface area contributed by atoms with E-state index in [2.05, 4.69) is 10.6 Å². The van der Waals surface area contributed by atoms with Gasteiger partial charge in [0.1, 0.15) is 11.6 Å². The van der Waals surface area contributed by atoms with Crippen LogP contribution in [0.3, 0.4) is 0 Å². The Morgan fingerprint density at radius 3 is 2.32 bits per heavy atom. The summed E-state index contributed by atoms with van der Waals surface area (Å²) in [6.07, 6.45) is -2.73. The quantitative estimate of drug-likeness (QED) is 0.156. The van der Waals surface area contributed by atoms with Crippen LogP contribution in [-0.2, 0) is 27.5 Å². The Hall–Kier alpha value is -4.56. The Balaban J connectivity index is 1.59. The lowest BCUT2D eigenvalue weighted by molar-refractivity contribution is -0.605. The van der Waals surface area contributed by atoms with Gasteiger partial charge in [0.2, 0.25) is 0 Å². The number of benzene rings is 3. The summed E-state index contributed by atoms with van der Waals surface area (Å²) in [5, 5.41) is 16.3. The molecule has 0 fully saturated rings. The molecule has 2 amide bonds. The number of rotatable bonds is 7. The van der Waals surface area contributed by atoms with Gasteiger partial charge in [0.25, 0.3) is 11.8 Å². The molecule has 1 aliphatic heterocycles. The summed E-state index contributed by atoms with van der Waals surface area (Å²) in [4.78, 5) is 26.3. The Bertz CT molecular complexity index is 1920. The Morgan fingerprint density at radius 1 is 0.955 bits per heavy atom. The fourth-order valence-electron chi connectivity index (χ4n) is 4.83. The number of amides is 2. The van der Waals surface area contributed by atoms with Crippen molar-refractivity contribution < 1.29 is 44.7 Å². The topological polar surface area (TPSA) is 119 Å². The monoisotopic (exact) mass is 651 g/mol. The number of halogens is 6. The molecule has 0 radical (unpaired) electrons. The summed E-state index contributed by atoms with van der Waals surface area (Å²) >= 11 is 6.27. The van der Waals surface area contributed by atoms with Crippen molar-refractivity contribution in [1.82, 2.24) is 5.32 Å². The summed E-state index contributed by atoms with van der Waals surface area (Å²) in [5.41, 5.74) is -2.00. The highest BCUT2D eigenvalue weighted by Gasteiger charge is 2.36. The van der Waals surface area contributed by atoms with Gasteiger partial charge in [-0.1, -0.05) is 11.6 Å². The van der Waals surface area contributed by atoms with E-state index in [0.29, 0.717) is 22.4 Å². The van der Waals surface area contributed by atoms with Crippen molar-refractivity contribution >= 4 is 38.9 Å². The van der Waals surface area contributed by atoms with E-state index >= 15 is 0 Å². The highest BCUT2D eigenvalue weighted by molar-refractivity contribution is 7.89. The number of fused-ring (bicyclic) bond motifs is 1. The normalized spacial score (nSPS) is 14.7.